The van der Waals surface area contributed by atoms with Gasteiger partial charge in [0.1, 0.15) is 12.3 Å². The van der Waals surface area contributed by atoms with E-state index in [1.165, 1.54) is 4.90 Å². The molecule has 3 aromatic rings. The molecule has 0 saturated carbocycles. The number of hydrogen-bond acceptors (Lipinski definition) is 4. The number of fused-ring (bicyclic) bond motifs is 1. The second-order valence-corrected chi connectivity index (χ2v) is 7.90. The summed E-state index contributed by atoms with van der Waals surface area (Å²) >= 11 is 0. The SMILES string of the molecule is C=CCc1cc(/C=C2/NC(=O)N(CC)C2=O)cc(OCC)c1OCc1cccc2ccccc12. The number of imide groups is 1. The zero-order valence-corrected chi connectivity index (χ0v) is 19.5. The van der Waals surface area contributed by atoms with Gasteiger partial charge >= 0.3 is 6.03 Å². The van der Waals surface area contributed by atoms with E-state index in [9.17, 15) is 9.59 Å². The van der Waals surface area contributed by atoms with Gasteiger partial charge in [-0.25, -0.2) is 4.79 Å². The second-order valence-electron chi connectivity index (χ2n) is 7.90. The van der Waals surface area contributed by atoms with Crippen molar-refractivity contribution in [3.05, 3.63) is 89.6 Å². The van der Waals surface area contributed by atoms with Crippen LogP contribution >= 0.6 is 0 Å². The van der Waals surface area contributed by atoms with E-state index in [0.29, 0.717) is 37.7 Å². The summed E-state index contributed by atoms with van der Waals surface area (Å²) in [6.45, 7) is 8.70. The Kier molecular flexibility index (Phi) is 6.97. The monoisotopic (exact) mass is 456 g/mol. The van der Waals surface area contributed by atoms with E-state index < -0.39 is 6.03 Å². The number of ether oxygens (including phenoxy) is 2. The number of likely N-dealkylation sites (N-methyl/N-ethyl adjacent to an activating group) is 1. The van der Waals surface area contributed by atoms with Crippen molar-refractivity contribution in [2.75, 3.05) is 13.2 Å². The van der Waals surface area contributed by atoms with Crippen LogP contribution in [0.25, 0.3) is 16.8 Å². The van der Waals surface area contributed by atoms with Crippen molar-refractivity contribution in [3.8, 4) is 11.5 Å². The van der Waals surface area contributed by atoms with Gasteiger partial charge in [0.2, 0.25) is 0 Å². The number of nitrogens with zero attached hydrogens (tertiary/aromatic N) is 1. The van der Waals surface area contributed by atoms with Crippen LogP contribution in [-0.4, -0.2) is 30.0 Å². The second kappa shape index (κ2) is 10.3. The molecule has 1 N–H and O–H groups in total. The minimum atomic E-state index is -0.412. The normalized spacial score (nSPS) is 14.5. The molecule has 6 heteroatoms. The van der Waals surface area contributed by atoms with Crippen LogP contribution in [0.3, 0.4) is 0 Å². The lowest BCUT2D eigenvalue weighted by Gasteiger charge is -2.17. The number of amides is 3. The highest BCUT2D eigenvalue weighted by Gasteiger charge is 2.32. The van der Waals surface area contributed by atoms with Crippen LogP contribution in [0, 0.1) is 0 Å². The first-order valence-corrected chi connectivity index (χ1v) is 11.4. The maximum Gasteiger partial charge on any atom is 0.328 e. The number of allylic oxidation sites excluding steroid dienone is 1. The van der Waals surface area contributed by atoms with Crippen molar-refractivity contribution in [2.24, 2.45) is 0 Å². The predicted octanol–water partition coefficient (Wildman–Crippen LogP) is 5.46. The molecule has 3 amide bonds. The molecule has 174 valence electrons. The lowest BCUT2D eigenvalue weighted by Crippen LogP contribution is -2.30. The molecule has 34 heavy (non-hydrogen) atoms. The highest BCUT2D eigenvalue weighted by Crippen LogP contribution is 2.36. The molecule has 0 aliphatic carbocycles. The predicted molar refractivity (Wildman–Crippen MR) is 134 cm³/mol. The lowest BCUT2D eigenvalue weighted by atomic mass is 10.0. The summed E-state index contributed by atoms with van der Waals surface area (Å²) in [6, 6.07) is 17.7. The van der Waals surface area contributed by atoms with Gasteiger partial charge in [-0.05, 0) is 60.4 Å². The highest BCUT2D eigenvalue weighted by molar-refractivity contribution is 6.14. The first-order valence-electron chi connectivity index (χ1n) is 11.4. The average Bonchev–Trinajstić information content (AvgIpc) is 3.10. The number of carbonyl (C=O) groups is 2. The van der Waals surface area contributed by atoms with Gasteiger partial charge in [-0.1, -0.05) is 48.5 Å². The molecule has 1 aliphatic heterocycles. The summed E-state index contributed by atoms with van der Waals surface area (Å²) in [5.74, 6) is 0.888. The van der Waals surface area contributed by atoms with E-state index in [2.05, 4.69) is 36.2 Å². The minimum Gasteiger partial charge on any atom is -0.490 e. The van der Waals surface area contributed by atoms with Gasteiger partial charge in [0.05, 0.1) is 6.61 Å². The van der Waals surface area contributed by atoms with Gasteiger partial charge in [0.25, 0.3) is 5.91 Å². The summed E-state index contributed by atoms with van der Waals surface area (Å²) in [6.07, 6.45) is 4.02. The van der Waals surface area contributed by atoms with Gasteiger partial charge < -0.3 is 14.8 Å². The number of benzene rings is 3. The summed E-state index contributed by atoms with van der Waals surface area (Å²) in [5.41, 5.74) is 2.94. The zero-order valence-electron chi connectivity index (χ0n) is 19.5. The molecule has 0 atom stereocenters. The minimum absolute atomic E-state index is 0.239. The molecular formula is C28H28N2O4. The maximum atomic E-state index is 12.5. The fraction of sp³-hybridized carbons (Fsp3) is 0.214. The molecule has 0 aromatic heterocycles. The quantitative estimate of drug-likeness (QED) is 0.264. The van der Waals surface area contributed by atoms with Crippen molar-refractivity contribution >= 4 is 28.8 Å². The van der Waals surface area contributed by atoms with Crippen molar-refractivity contribution < 1.29 is 19.1 Å². The zero-order chi connectivity index (χ0) is 24.1. The summed E-state index contributed by atoms with van der Waals surface area (Å²) < 4.78 is 12.3. The van der Waals surface area contributed by atoms with E-state index in [4.69, 9.17) is 9.47 Å². The van der Waals surface area contributed by atoms with Gasteiger partial charge in [-0.3, -0.25) is 9.69 Å². The Bertz CT molecular complexity index is 1270. The topological polar surface area (TPSA) is 67.9 Å². The average molecular weight is 457 g/mol. The first-order chi connectivity index (χ1) is 16.5. The Morgan fingerprint density at radius 1 is 1.00 bits per heavy atom. The van der Waals surface area contributed by atoms with Crippen molar-refractivity contribution in [2.45, 2.75) is 26.9 Å². The molecule has 1 fully saturated rings. The van der Waals surface area contributed by atoms with E-state index >= 15 is 0 Å². The number of nitrogens with one attached hydrogen (secondary N) is 1. The Hall–Kier alpha value is -4.06. The molecule has 1 saturated heterocycles. The third kappa shape index (κ3) is 4.66. The molecule has 6 nitrogen and oxygen atoms in total. The standard InChI is InChI=1S/C28H28N2O4/c1-4-10-21-15-19(16-24-27(31)30(5-2)28(32)29-24)17-25(33-6-3)26(21)34-18-22-13-9-12-20-11-7-8-14-23(20)22/h4,7-9,11-17H,1,5-6,10,18H2,2-3H3,(H,29,32)/b24-16+. The third-order valence-corrected chi connectivity index (χ3v) is 5.66. The van der Waals surface area contributed by atoms with Crippen LogP contribution in [0.15, 0.2) is 72.9 Å². The molecule has 0 bridgehead atoms. The Morgan fingerprint density at radius 2 is 1.79 bits per heavy atom. The van der Waals surface area contributed by atoms with Gasteiger partial charge in [0.15, 0.2) is 11.5 Å². The fourth-order valence-electron chi connectivity index (χ4n) is 4.09. The van der Waals surface area contributed by atoms with Crippen LogP contribution in [0.4, 0.5) is 4.79 Å². The van der Waals surface area contributed by atoms with Crippen LogP contribution < -0.4 is 14.8 Å². The summed E-state index contributed by atoms with van der Waals surface area (Å²) in [4.78, 5) is 25.7. The molecule has 3 aromatic carbocycles. The number of hydrogen-bond donors (Lipinski definition) is 1. The fourth-order valence-corrected chi connectivity index (χ4v) is 4.09. The lowest BCUT2D eigenvalue weighted by molar-refractivity contribution is -0.122. The van der Waals surface area contributed by atoms with Crippen molar-refractivity contribution in [1.82, 2.24) is 10.2 Å². The van der Waals surface area contributed by atoms with E-state index in [-0.39, 0.29) is 11.6 Å². The summed E-state index contributed by atoms with van der Waals surface area (Å²) in [7, 11) is 0. The Balaban J connectivity index is 1.69. The maximum absolute atomic E-state index is 12.5. The van der Waals surface area contributed by atoms with Crippen molar-refractivity contribution in [1.29, 1.82) is 0 Å². The largest absolute Gasteiger partial charge is 0.490 e. The summed E-state index contributed by atoms with van der Waals surface area (Å²) in [5, 5.41) is 4.94. The highest BCUT2D eigenvalue weighted by atomic mass is 16.5. The van der Waals surface area contributed by atoms with E-state index in [0.717, 1.165) is 27.5 Å². The first kappa shape index (κ1) is 23.1. The molecule has 4 rings (SSSR count). The van der Waals surface area contributed by atoms with Gasteiger partial charge in [-0.2, -0.15) is 0 Å². The van der Waals surface area contributed by atoms with Gasteiger partial charge in [0, 0.05) is 12.1 Å². The van der Waals surface area contributed by atoms with Gasteiger partial charge in [-0.15, -0.1) is 6.58 Å². The molecule has 0 unspecified atom stereocenters. The molecular weight excluding hydrogens is 428 g/mol. The molecule has 0 radical (unpaired) electrons. The smallest absolute Gasteiger partial charge is 0.328 e. The molecule has 1 aliphatic rings. The van der Waals surface area contributed by atoms with Crippen LogP contribution in [-0.2, 0) is 17.8 Å². The third-order valence-electron chi connectivity index (χ3n) is 5.66. The van der Waals surface area contributed by atoms with Crippen LogP contribution in [0.1, 0.15) is 30.5 Å². The van der Waals surface area contributed by atoms with Crippen LogP contribution in [0.2, 0.25) is 0 Å². The Labute approximate surface area is 199 Å². The Morgan fingerprint density at radius 3 is 2.53 bits per heavy atom. The van der Waals surface area contributed by atoms with E-state index in [1.54, 1.807) is 19.1 Å². The van der Waals surface area contributed by atoms with E-state index in [1.807, 2.05) is 37.3 Å². The molecule has 0 spiro atoms. The van der Waals surface area contributed by atoms with Crippen molar-refractivity contribution in [3.63, 3.8) is 0 Å². The molecule has 1 heterocycles. The number of urea groups is 1. The number of carbonyl (C=O) groups excluding carboxylic acids is 2. The number of rotatable bonds is 9. The van der Waals surface area contributed by atoms with Crippen LogP contribution in [0.5, 0.6) is 11.5 Å².